The van der Waals surface area contributed by atoms with Crippen molar-refractivity contribution in [1.29, 1.82) is 0 Å². The van der Waals surface area contributed by atoms with Gasteiger partial charge in [0.2, 0.25) is 0 Å². The number of para-hydroxylation sites is 1. The van der Waals surface area contributed by atoms with Crippen LogP contribution in [-0.4, -0.2) is 6.54 Å². The van der Waals surface area contributed by atoms with E-state index in [1.807, 2.05) is 0 Å². The van der Waals surface area contributed by atoms with Crippen LogP contribution in [0.4, 0.5) is 5.69 Å². The minimum absolute atomic E-state index is 0.870. The Kier molecular flexibility index (Phi) is 4.70. The van der Waals surface area contributed by atoms with Crippen LogP contribution in [0, 0.1) is 5.92 Å². The van der Waals surface area contributed by atoms with E-state index in [4.69, 9.17) is 0 Å². The zero-order valence-corrected chi connectivity index (χ0v) is 11.3. The lowest BCUT2D eigenvalue weighted by Crippen LogP contribution is -2.13. The maximum Gasteiger partial charge on any atom is 0.0484 e. The lowest BCUT2D eigenvalue weighted by atomic mass is 10.0. The maximum atomic E-state index is 3.57. The van der Waals surface area contributed by atoms with Crippen LogP contribution in [0.5, 0.6) is 0 Å². The first kappa shape index (κ1) is 12.0. The van der Waals surface area contributed by atoms with Crippen molar-refractivity contribution in [3.63, 3.8) is 0 Å². The van der Waals surface area contributed by atoms with Gasteiger partial charge in [-0.1, -0.05) is 37.8 Å². The molecule has 0 unspecified atom stereocenters. The number of halogens is 1. The third-order valence-electron chi connectivity index (χ3n) is 3.43. The third-order valence-corrected chi connectivity index (χ3v) is 4.12. The molecule has 0 atom stereocenters. The number of hydrogen-bond donors (Lipinski definition) is 1. The minimum atomic E-state index is 0.870. The van der Waals surface area contributed by atoms with Crippen molar-refractivity contribution in [3.05, 3.63) is 28.7 Å². The molecule has 1 fully saturated rings. The van der Waals surface area contributed by atoms with E-state index in [-0.39, 0.29) is 0 Å². The van der Waals surface area contributed by atoms with Gasteiger partial charge in [-0.15, -0.1) is 0 Å². The van der Waals surface area contributed by atoms with E-state index in [2.05, 4.69) is 45.5 Å². The van der Waals surface area contributed by atoms with Crippen LogP contribution in [0.25, 0.3) is 0 Å². The van der Waals surface area contributed by atoms with Gasteiger partial charge in [0.1, 0.15) is 0 Å². The molecule has 0 aliphatic heterocycles. The van der Waals surface area contributed by atoms with Crippen molar-refractivity contribution in [2.45, 2.75) is 38.5 Å². The Labute approximate surface area is 107 Å². The molecule has 0 saturated heterocycles. The normalized spacial score (nSPS) is 18.1. The monoisotopic (exact) mass is 281 g/mol. The molecule has 0 radical (unpaired) electrons. The number of nitrogens with one attached hydrogen (secondary N) is 1. The summed E-state index contributed by atoms with van der Waals surface area (Å²) in [4.78, 5) is 0. The summed E-state index contributed by atoms with van der Waals surface area (Å²) in [7, 11) is 0. The van der Waals surface area contributed by atoms with Crippen LogP contribution in [0.1, 0.15) is 38.5 Å². The summed E-state index contributed by atoms with van der Waals surface area (Å²) in [5.41, 5.74) is 1.23. The third kappa shape index (κ3) is 3.51. The highest BCUT2D eigenvalue weighted by Crippen LogP contribution is 2.25. The second kappa shape index (κ2) is 6.29. The van der Waals surface area contributed by atoms with Crippen molar-refractivity contribution >= 4 is 21.6 Å². The van der Waals surface area contributed by atoms with Crippen molar-refractivity contribution in [1.82, 2.24) is 0 Å². The zero-order chi connectivity index (χ0) is 11.2. The molecule has 1 nitrogen and oxygen atoms in total. The SMILES string of the molecule is Brc1ccccc1NCC1CCCCCC1. The Bertz CT molecular complexity index is 316. The van der Waals surface area contributed by atoms with Crippen molar-refractivity contribution in [2.75, 3.05) is 11.9 Å². The second-order valence-corrected chi connectivity index (χ2v) is 5.57. The van der Waals surface area contributed by atoms with Crippen molar-refractivity contribution in [2.24, 2.45) is 5.92 Å². The largest absolute Gasteiger partial charge is 0.384 e. The first-order valence-corrected chi connectivity index (χ1v) is 7.14. The molecule has 1 aliphatic rings. The molecule has 1 saturated carbocycles. The summed E-state index contributed by atoms with van der Waals surface area (Å²) < 4.78 is 1.17. The molecule has 1 aromatic rings. The van der Waals surface area contributed by atoms with E-state index in [9.17, 15) is 0 Å². The summed E-state index contributed by atoms with van der Waals surface area (Å²) in [5.74, 6) is 0.870. The Morgan fingerprint density at radius 1 is 1.06 bits per heavy atom. The fraction of sp³-hybridized carbons (Fsp3) is 0.571. The quantitative estimate of drug-likeness (QED) is 0.783. The molecular weight excluding hydrogens is 262 g/mol. The van der Waals surface area contributed by atoms with E-state index < -0.39 is 0 Å². The average Bonchev–Trinajstić information content (AvgIpc) is 2.56. The molecule has 0 bridgehead atoms. The summed E-state index contributed by atoms with van der Waals surface area (Å²) in [5, 5.41) is 3.56. The fourth-order valence-electron chi connectivity index (χ4n) is 2.43. The van der Waals surface area contributed by atoms with E-state index in [0.29, 0.717) is 0 Å². The van der Waals surface area contributed by atoms with Crippen molar-refractivity contribution in [3.8, 4) is 0 Å². The summed E-state index contributed by atoms with van der Waals surface area (Å²) >= 11 is 3.57. The zero-order valence-electron chi connectivity index (χ0n) is 9.71. The molecule has 0 aromatic heterocycles. The molecule has 2 rings (SSSR count). The highest BCUT2D eigenvalue weighted by Gasteiger charge is 2.12. The Morgan fingerprint density at radius 3 is 2.44 bits per heavy atom. The van der Waals surface area contributed by atoms with Gasteiger partial charge in [0.15, 0.2) is 0 Å². The van der Waals surface area contributed by atoms with Crippen LogP contribution in [0.15, 0.2) is 28.7 Å². The fourth-order valence-corrected chi connectivity index (χ4v) is 2.85. The molecular formula is C14H20BrN. The second-order valence-electron chi connectivity index (χ2n) is 4.72. The number of benzene rings is 1. The van der Waals surface area contributed by atoms with Crippen LogP contribution >= 0.6 is 15.9 Å². The van der Waals surface area contributed by atoms with E-state index >= 15 is 0 Å². The molecule has 1 aliphatic carbocycles. The Balaban J connectivity index is 1.84. The molecule has 0 amide bonds. The summed E-state index contributed by atoms with van der Waals surface area (Å²) in [6.07, 6.45) is 8.51. The highest BCUT2D eigenvalue weighted by atomic mass is 79.9. The minimum Gasteiger partial charge on any atom is -0.384 e. The van der Waals surface area contributed by atoms with Gasteiger partial charge in [0, 0.05) is 16.7 Å². The van der Waals surface area contributed by atoms with Gasteiger partial charge < -0.3 is 5.32 Å². The molecule has 1 N–H and O–H groups in total. The first-order chi connectivity index (χ1) is 7.86. The molecule has 2 heteroatoms. The van der Waals surface area contributed by atoms with Gasteiger partial charge in [-0.3, -0.25) is 0 Å². The topological polar surface area (TPSA) is 12.0 Å². The summed E-state index contributed by atoms with van der Waals surface area (Å²) in [6, 6.07) is 8.37. The Hall–Kier alpha value is -0.500. The molecule has 88 valence electrons. The van der Waals surface area contributed by atoms with Crippen molar-refractivity contribution < 1.29 is 0 Å². The predicted molar refractivity (Wildman–Crippen MR) is 73.8 cm³/mol. The van der Waals surface area contributed by atoms with Crippen LogP contribution in [-0.2, 0) is 0 Å². The molecule has 0 spiro atoms. The van der Waals surface area contributed by atoms with Gasteiger partial charge in [-0.2, -0.15) is 0 Å². The number of rotatable bonds is 3. The summed E-state index contributed by atoms with van der Waals surface area (Å²) in [6.45, 7) is 1.13. The first-order valence-electron chi connectivity index (χ1n) is 6.34. The van der Waals surface area contributed by atoms with Crippen LogP contribution < -0.4 is 5.32 Å². The smallest absolute Gasteiger partial charge is 0.0484 e. The molecule has 16 heavy (non-hydrogen) atoms. The van der Waals surface area contributed by atoms with Crippen LogP contribution in [0.3, 0.4) is 0 Å². The average molecular weight is 282 g/mol. The van der Waals surface area contributed by atoms with Gasteiger partial charge in [0.05, 0.1) is 0 Å². The molecule has 1 aromatic carbocycles. The van der Waals surface area contributed by atoms with Gasteiger partial charge in [0.25, 0.3) is 0 Å². The lowest BCUT2D eigenvalue weighted by molar-refractivity contribution is 0.483. The predicted octanol–water partition coefficient (Wildman–Crippen LogP) is 4.83. The number of anilines is 1. The van der Waals surface area contributed by atoms with E-state index in [1.54, 1.807) is 0 Å². The van der Waals surface area contributed by atoms with E-state index in [0.717, 1.165) is 12.5 Å². The lowest BCUT2D eigenvalue weighted by Gasteiger charge is -2.16. The van der Waals surface area contributed by atoms with Gasteiger partial charge in [-0.25, -0.2) is 0 Å². The van der Waals surface area contributed by atoms with Crippen LogP contribution in [0.2, 0.25) is 0 Å². The van der Waals surface area contributed by atoms with E-state index in [1.165, 1.54) is 48.7 Å². The highest BCUT2D eigenvalue weighted by molar-refractivity contribution is 9.10. The maximum absolute atomic E-state index is 3.57. The van der Waals surface area contributed by atoms with Gasteiger partial charge in [-0.05, 0) is 46.8 Å². The van der Waals surface area contributed by atoms with Gasteiger partial charge >= 0.3 is 0 Å². The standard InChI is InChI=1S/C14H20BrN/c15-13-9-5-6-10-14(13)16-11-12-7-3-1-2-4-8-12/h5-6,9-10,12,16H,1-4,7-8,11H2. The number of hydrogen-bond acceptors (Lipinski definition) is 1. The molecule has 0 heterocycles. The Morgan fingerprint density at radius 2 is 1.75 bits per heavy atom.